The molecule has 0 N–H and O–H groups in total. The summed E-state index contributed by atoms with van der Waals surface area (Å²) < 4.78 is 13.8. The summed E-state index contributed by atoms with van der Waals surface area (Å²) in [5.41, 5.74) is 0.936. The average molecular weight is 329 g/mol. The number of ketones is 1. The maximum absolute atomic E-state index is 13.1. The van der Waals surface area contributed by atoms with Gasteiger partial charge in [-0.3, -0.25) is 9.78 Å². The highest BCUT2D eigenvalue weighted by molar-refractivity contribution is 9.10. The smallest absolute Gasteiger partial charge is 0.168 e. The molecule has 0 fully saturated rings. The quantitative estimate of drug-likeness (QED) is 0.795. The highest BCUT2D eigenvalue weighted by Gasteiger charge is 2.11. The number of carbonyl (C=O) groups is 1. The van der Waals surface area contributed by atoms with Crippen molar-refractivity contribution >= 4 is 33.3 Å². The van der Waals surface area contributed by atoms with E-state index in [1.165, 1.54) is 24.4 Å². The zero-order valence-corrected chi connectivity index (χ0v) is 11.5. The molecule has 0 aliphatic carbocycles. The highest BCUT2D eigenvalue weighted by atomic mass is 79.9. The zero-order valence-electron chi connectivity index (χ0n) is 9.16. The van der Waals surface area contributed by atoms with Crippen LogP contribution in [0.2, 0.25) is 5.02 Å². The Labute approximate surface area is 117 Å². The summed E-state index contributed by atoms with van der Waals surface area (Å²) in [5, 5.41) is 0.382. The molecule has 0 aliphatic heterocycles. The summed E-state index contributed by atoms with van der Waals surface area (Å²) in [6.45, 7) is 0. The molecule has 0 saturated heterocycles. The molecule has 92 valence electrons. The average Bonchev–Trinajstić information content (AvgIpc) is 2.34. The van der Waals surface area contributed by atoms with Gasteiger partial charge < -0.3 is 0 Å². The molecule has 0 radical (unpaired) electrons. The number of Topliss-reactive ketones (excluding diaryl/α,β-unsaturated/α-hetero) is 1. The van der Waals surface area contributed by atoms with Gasteiger partial charge in [0.05, 0.1) is 0 Å². The molecule has 1 heterocycles. The largest absolute Gasteiger partial charge is 0.294 e. The van der Waals surface area contributed by atoms with E-state index in [0.29, 0.717) is 16.1 Å². The van der Waals surface area contributed by atoms with Gasteiger partial charge in [0, 0.05) is 33.9 Å². The van der Waals surface area contributed by atoms with Gasteiger partial charge in [0.15, 0.2) is 5.78 Å². The van der Waals surface area contributed by atoms with E-state index in [4.69, 9.17) is 11.6 Å². The van der Waals surface area contributed by atoms with Crippen LogP contribution in [0, 0.1) is 5.82 Å². The zero-order chi connectivity index (χ0) is 13.1. The second kappa shape index (κ2) is 5.59. The summed E-state index contributed by atoms with van der Waals surface area (Å²) in [6.07, 6.45) is 3.11. The van der Waals surface area contributed by atoms with Crippen LogP contribution < -0.4 is 0 Å². The first kappa shape index (κ1) is 13.2. The molecule has 2 aromatic rings. The van der Waals surface area contributed by atoms with Crippen molar-refractivity contribution in [2.45, 2.75) is 6.42 Å². The Morgan fingerprint density at radius 3 is 2.83 bits per heavy atom. The predicted molar refractivity (Wildman–Crippen MR) is 71.4 cm³/mol. The minimum Gasteiger partial charge on any atom is -0.294 e. The van der Waals surface area contributed by atoms with Crippen LogP contribution in [0.3, 0.4) is 0 Å². The fraction of sp³-hybridized carbons (Fsp3) is 0.0769. The Morgan fingerprint density at radius 2 is 2.11 bits per heavy atom. The molecule has 0 atom stereocenters. The SMILES string of the molecule is O=C(Cc1cc(F)ccc1Cl)c1cncc(Br)c1. The lowest BCUT2D eigenvalue weighted by molar-refractivity contribution is 0.0992. The number of benzene rings is 1. The van der Waals surface area contributed by atoms with Gasteiger partial charge in [-0.05, 0) is 45.8 Å². The number of rotatable bonds is 3. The fourth-order valence-corrected chi connectivity index (χ4v) is 2.07. The summed E-state index contributed by atoms with van der Waals surface area (Å²) in [7, 11) is 0. The van der Waals surface area contributed by atoms with Crippen molar-refractivity contribution in [3.05, 3.63) is 63.1 Å². The third-order valence-corrected chi connectivity index (χ3v) is 3.19. The Balaban J connectivity index is 2.24. The van der Waals surface area contributed by atoms with Crippen LogP contribution in [-0.4, -0.2) is 10.8 Å². The molecule has 5 heteroatoms. The number of aromatic nitrogens is 1. The number of carbonyl (C=O) groups excluding carboxylic acids is 1. The number of hydrogen-bond acceptors (Lipinski definition) is 2. The first-order valence-corrected chi connectivity index (χ1v) is 6.31. The van der Waals surface area contributed by atoms with Gasteiger partial charge in [0.1, 0.15) is 5.82 Å². The topological polar surface area (TPSA) is 30.0 Å². The molecular weight excluding hydrogens is 321 g/mol. The predicted octanol–water partition coefficient (Wildman–Crippen LogP) is 4.06. The molecule has 0 bridgehead atoms. The number of nitrogens with zero attached hydrogens (tertiary/aromatic N) is 1. The molecule has 0 spiro atoms. The van der Waals surface area contributed by atoms with E-state index in [1.54, 1.807) is 12.3 Å². The first-order chi connectivity index (χ1) is 8.56. The van der Waals surface area contributed by atoms with Crippen molar-refractivity contribution in [1.82, 2.24) is 4.98 Å². The third kappa shape index (κ3) is 3.15. The van der Waals surface area contributed by atoms with Gasteiger partial charge in [-0.25, -0.2) is 4.39 Å². The van der Waals surface area contributed by atoms with Gasteiger partial charge in [-0.2, -0.15) is 0 Å². The van der Waals surface area contributed by atoms with Crippen molar-refractivity contribution in [3.8, 4) is 0 Å². The van der Waals surface area contributed by atoms with Crippen molar-refractivity contribution in [2.75, 3.05) is 0 Å². The summed E-state index contributed by atoms with van der Waals surface area (Å²) in [4.78, 5) is 15.9. The van der Waals surface area contributed by atoms with Crippen molar-refractivity contribution in [2.24, 2.45) is 0 Å². The van der Waals surface area contributed by atoms with E-state index < -0.39 is 5.82 Å². The Kier molecular flexibility index (Phi) is 4.09. The van der Waals surface area contributed by atoms with Crippen LogP contribution in [0.1, 0.15) is 15.9 Å². The number of halogens is 3. The minimum absolute atomic E-state index is 0.0503. The molecule has 2 rings (SSSR count). The summed E-state index contributed by atoms with van der Waals surface area (Å²) >= 11 is 9.16. The van der Waals surface area contributed by atoms with E-state index in [0.717, 1.165) is 4.47 Å². The van der Waals surface area contributed by atoms with E-state index in [-0.39, 0.29) is 12.2 Å². The van der Waals surface area contributed by atoms with Crippen molar-refractivity contribution < 1.29 is 9.18 Å². The van der Waals surface area contributed by atoms with Crippen LogP contribution in [0.5, 0.6) is 0 Å². The molecular formula is C13H8BrClFNO. The fourth-order valence-electron chi connectivity index (χ4n) is 1.52. The van der Waals surface area contributed by atoms with E-state index in [1.807, 2.05) is 0 Å². The second-order valence-corrected chi connectivity index (χ2v) is 5.05. The molecule has 0 amide bonds. The number of hydrogen-bond donors (Lipinski definition) is 0. The second-order valence-electron chi connectivity index (χ2n) is 3.73. The van der Waals surface area contributed by atoms with Gasteiger partial charge in [0.2, 0.25) is 0 Å². The Morgan fingerprint density at radius 1 is 1.33 bits per heavy atom. The summed E-state index contributed by atoms with van der Waals surface area (Å²) in [5.74, 6) is -0.564. The van der Waals surface area contributed by atoms with E-state index in [2.05, 4.69) is 20.9 Å². The van der Waals surface area contributed by atoms with Crippen LogP contribution in [0.15, 0.2) is 41.1 Å². The molecule has 18 heavy (non-hydrogen) atoms. The lowest BCUT2D eigenvalue weighted by atomic mass is 10.0. The minimum atomic E-state index is -0.408. The lowest BCUT2D eigenvalue weighted by Crippen LogP contribution is -2.05. The van der Waals surface area contributed by atoms with Gasteiger partial charge >= 0.3 is 0 Å². The van der Waals surface area contributed by atoms with Gasteiger partial charge in [0.25, 0.3) is 0 Å². The summed E-state index contributed by atoms with van der Waals surface area (Å²) in [6, 6.07) is 5.64. The lowest BCUT2D eigenvalue weighted by Gasteiger charge is -2.04. The molecule has 0 saturated carbocycles. The van der Waals surface area contributed by atoms with Crippen molar-refractivity contribution in [3.63, 3.8) is 0 Å². The van der Waals surface area contributed by atoms with E-state index >= 15 is 0 Å². The van der Waals surface area contributed by atoms with Crippen LogP contribution in [0.4, 0.5) is 4.39 Å². The van der Waals surface area contributed by atoms with E-state index in [9.17, 15) is 9.18 Å². The van der Waals surface area contributed by atoms with Gasteiger partial charge in [-0.1, -0.05) is 11.6 Å². The van der Waals surface area contributed by atoms with Gasteiger partial charge in [-0.15, -0.1) is 0 Å². The third-order valence-electron chi connectivity index (χ3n) is 2.39. The normalized spacial score (nSPS) is 10.4. The van der Waals surface area contributed by atoms with Crippen LogP contribution in [-0.2, 0) is 6.42 Å². The molecule has 1 aromatic carbocycles. The van der Waals surface area contributed by atoms with Crippen LogP contribution in [0.25, 0.3) is 0 Å². The van der Waals surface area contributed by atoms with Crippen molar-refractivity contribution in [1.29, 1.82) is 0 Å². The highest BCUT2D eigenvalue weighted by Crippen LogP contribution is 2.19. The molecule has 0 aliphatic rings. The molecule has 0 unspecified atom stereocenters. The maximum atomic E-state index is 13.1. The Bertz CT molecular complexity index is 603. The van der Waals surface area contributed by atoms with Crippen LogP contribution >= 0.6 is 27.5 Å². The Hall–Kier alpha value is -1.26. The first-order valence-electron chi connectivity index (χ1n) is 5.14. The standard InChI is InChI=1S/C13H8BrClFNO/c14-10-3-9(6-17-7-10)13(18)5-8-4-11(16)1-2-12(8)15/h1-4,6-7H,5H2. The monoisotopic (exact) mass is 327 g/mol. The number of pyridine rings is 1. The maximum Gasteiger partial charge on any atom is 0.168 e. The molecule has 2 nitrogen and oxygen atoms in total. The molecule has 1 aromatic heterocycles.